The summed E-state index contributed by atoms with van der Waals surface area (Å²) in [4.78, 5) is 10.00. The van der Waals surface area contributed by atoms with E-state index in [4.69, 9.17) is 5.73 Å². The number of rotatable bonds is 1. The van der Waals surface area contributed by atoms with Crippen LogP contribution < -0.4 is 5.73 Å². The molecule has 0 bridgehead atoms. The Bertz CT molecular complexity index is 717. The first kappa shape index (κ1) is 11.2. The van der Waals surface area contributed by atoms with Crippen LogP contribution in [0.4, 0.5) is 5.82 Å². The van der Waals surface area contributed by atoms with Crippen molar-refractivity contribution in [3.8, 4) is 10.4 Å². The molecule has 4 heteroatoms. The van der Waals surface area contributed by atoms with Gasteiger partial charge in [0.05, 0.1) is 0 Å². The van der Waals surface area contributed by atoms with Gasteiger partial charge in [-0.05, 0) is 43.0 Å². The number of fused-ring (bicyclic) bond motifs is 1. The number of hydrogen-bond acceptors (Lipinski definition) is 4. The van der Waals surface area contributed by atoms with Crippen molar-refractivity contribution in [2.75, 3.05) is 5.73 Å². The number of aromatic nitrogens is 2. The number of nitrogen functional groups attached to an aromatic ring is 1. The maximum atomic E-state index is 6.03. The second kappa shape index (κ2) is 4.07. The van der Waals surface area contributed by atoms with Crippen molar-refractivity contribution in [3.05, 3.63) is 40.9 Å². The average Bonchev–Trinajstić information content (AvgIpc) is 2.81. The summed E-state index contributed by atoms with van der Waals surface area (Å²) >= 11 is 1.67. The number of nitrogens with zero attached hydrogens (tertiary/aromatic N) is 2. The second-order valence-electron chi connectivity index (χ2n) is 4.35. The zero-order chi connectivity index (χ0) is 12.7. The van der Waals surface area contributed by atoms with Crippen LogP contribution in [0.3, 0.4) is 0 Å². The monoisotopic (exact) mass is 255 g/mol. The molecule has 3 rings (SSSR count). The van der Waals surface area contributed by atoms with E-state index >= 15 is 0 Å². The third kappa shape index (κ3) is 1.75. The van der Waals surface area contributed by atoms with Gasteiger partial charge in [-0.25, -0.2) is 9.97 Å². The third-order valence-corrected chi connectivity index (χ3v) is 3.85. The van der Waals surface area contributed by atoms with Gasteiger partial charge < -0.3 is 5.73 Å². The molecule has 0 saturated heterocycles. The molecular formula is C14H13N3S. The number of anilines is 1. The van der Waals surface area contributed by atoms with Gasteiger partial charge in [0, 0.05) is 21.5 Å². The van der Waals surface area contributed by atoms with Gasteiger partial charge in [-0.2, -0.15) is 0 Å². The minimum atomic E-state index is 0.544. The summed E-state index contributed by atoms with van der Waals surface area (Å²) in [5.74, 6) is 0.544. The van der Waals surface area contributed by atoms with Crippen LogP contribution in [-0.4, -0.2) is 9.97 Å². The van der Waals surface area contributed by atoms with Gasteiger partial charge in [-0.15, -0.1) is 11.3 Å². The van der Waals surface area contributed by atoms with Crippen molar-refractivity contribution in [3.63, 3.8) is 0 Å². The van der Waals surface area contributed by atoms with E-state index in [-0.39, 0.29) is 0 Å². The first-order valence-corrected chi connectivity index (χ1v) is 6.61. The van der Waals surface area contributed by atoms with Crippen LogP contribution in [0.15, 0.2) is 29.6 Å². The topological polar surface area (TPSA) is 51.8 Å². The van der Waals surface area contributed by atoms with Crippen molar-refractivity contribution in [1.29, 1.82) is 0 Å². The molecule has 0 unspecified atom stereocenters. The summed E-state index contributed by atoms with van der Waals surface area (Å²) in [6.45, 7) is 4.05. The Kier molecular flexibility index (Phi) is 2.52. The van der Waals surface area contributed by atoms with E-state index in [0.29, 0.717) is 5.82 Å². The van der Waals surface area contributed by atoms with Crippen LogP contribution in [0.25, 0.3) is 21.5 Å². The van der Waals surface area contributed by atoms with Gasteiger partial charge in [-0.3, -0.25) is 0 Å². The Balaban J connectivity index is 2.33. The van der Waals surface area contributed by atoms with E-state index in [2.05, 4.69) is 35.1 Å². The van der Waals surface area contributed by atoms with Crippen LogP contribution >= 0.6 is 11.3 Å². The number of hydrogen-bond donors (Lipinski definition) is 1. The lowest BCUT2D eigenvalue weighted by atomic mass is 10.1. The zero-order valence-electron chi connectivity index (χ0n) is 10.3. The number of thiophene rings is 1. The van der Waals surface area contributed by atoms with Gasteiger partial charge >= 0.3 is 0 Å². The number of aryl methyl sites for hydroxylation is 2. The molecule has 0 aromatic carbocycles. The molecular weight excluding hydrogens is 242 g/mol. The van der Waals surface area contributed by atoms with Crippen LogP contribution in [0, 0.1) is 13.8 Å². The molecule has 0 spiro atoms. The van der Waals surface area contributed by atoms with Crippen LogP contribution in [0.1, 0.15) is 11.3 Å². The second-order valence-corrected chi connectivity index (χ2v) is 5.30. The largest absolute Gasteiger partial charge is 0.383 e. The maximum Gasteiger partial charge on any atom is 0.162 e. The highest BCUT2D eigenvalue weighted by Gasteiger charge is 2.10. The van der Waals surface area contributed by atoms with E-state index in [1.165, 1.54) is 5.56 Å². The lowest BCUT2D eigenvalue weighted by Gasteiger charge is -2.07. The molecule has 2 N–H and O–H groups in total. The zero-order valence-corrected chi connectivity index (χ0v) is 11.1. The lowest BCUT2D eigenvalue weighted by Crippen LogP contribution is -1.97. The minimum absolute atomic E-state index is 0.544. The van der Waals surface area contributed by atoms with E-state index in [1.54, 1.807) is 11.3 Å². The highest BCUT2D eigenvalue weighted by molar-refractivity contribution is 7.13. The van der Waals surface area contributed by atoms with Crippen molar-refractivity contribution in [2.45, 2.75) is 13.8 Å². The molecule has 0 aliphatic rings. The highest BCUT2D eigenvalue weighted by Crippen LogP contribution is 2.32. The summed E-state index contributed by atoms with van der Waals surface area (Å²) in [5, 5.41) is 3.11. The molecule has 3 aromatic rings. The van der Waals surface area contributed by atoms with Crippen LogP contribution in [-0.2, 0) is 0 Å². The predicted molar refractivity (Wildman–Crippen MR) is 76.7 cm³/mol. The summed E-state index contributed by atoms with van der Waals surface area (Å²) in [6, 6.07) is 8.23. The normalized spacial score (nSPS) is 11.0. The third-order valence-electron chi connectivity index (χ3n) is 2.95. The van der Waals surface area contributed by atoms with Gasteiger partial charge in [0.1, 0.15) is 5.82 Å². The van der Waals surface area contributed by atoms with Gasteiger partial charge in [0.2, 0.25) is 0 Å². The van der Waals surface area contributed by atoms with Gasteiger partial charge in [-0.1, -0.05) is 6.07 Å². The molecule has 0 saturated carbocycles. The molecule has 0 atom stereocenters. The lowest BCUT2D eigenvalue weighted by molar-refractivity contribution is 1.19. The quantitative estimate of drug-likeness (QED) is 0.723. The van der Waals surface area contributed by atoms with E-state index in [9.17, 15) is 0 Å². The molecule has 0 aliphatic heterocycles. The van der Waals surface area contributed by atoms with E-state index < -0.39 is 0 Å². The Morgan fingerprint density at radius 1 is 1.17 bits per heavy atom. The molecule has 18 heavy (non-hydrogen) atoms. The first-order chi connectivity index (χ1) is 8.65. The van der Waals surface area contributed by atoms with Gasteiger partial charge in [0.25, 0.3) is 0 Å². The minimum Gasteiger partial charge on any atom is -0.383 e. The SMILES string of the molecule is Cc1cc(C)c2cc(-c3cccs3)c(N)nc2n1. The fourth-order valence-corrected chi connectivity index (χ4v) is 2.86. The van der Waals surface area contributed by atoms with E-state index in [1.807, 2.05) is 18.4 Å². The average molecular weight is 255 g/mol. The number of nitrogens with two attached hydrogens (primary N) is 1. The molecule has 0 aliphatic carbocycles. The molecule has 3 nitrogen and oxygen atoms in total. The smallest absolute Gasteiger partial charge is 0.162 e. The predicted octanol–water partition coefficient (Wildman–Crippen LogP) is 3.56. The van der Waals surface area contributed by atoms with Crippen molar-refractivity contribution in [1.82, 2.24) is 9.97 Å². The standard InChI is InChI=1S/C14H13N3S/c1-8-6-9(2)16-14-10(8)7-11(13(15)17-14)12-4-3-5-18-12/h3-7H,1-2H3,(H2,15,16,17). The van der Waals surface area contributed by atoms with Crippen molar-refractivity contribution >= 4 is 28.2 Å². The first-order valence-electron chi connectivity index (χ1n) is 5.73. The molecule has 0 fully saturated rings. The summed E-state index contributed by atoms with van der Waals surface area (Å²) < 4.78 is 0. The maximum absolute atomic E-state index is 6.03. The molecule has 3 heterocycles. The van der Waals surface area contributed by atoms with E-state index in [0.717, 1.165) is 27.2 Å². The Morgan fingerprint density at radius 3 is 2.72 bits per heavy atom. The Labute approximate surface area is 109 Å². The highest BCUT2D eigenvalue weighted by atomic mass is 32.1. The van der Waals surface area contributed by atoms with Crippen molar-refractivity contribution < 1.29 is 0 Å². The van der Waals surface area contributed by atoms with Crippen molar-refractivity contribution in [2.24, 2.45) is 0 Å². The number of pyridine rings is 2. The summed E-state index contributed by atoms with van der Waals surface area (Å²) in [7, 11) is 0. The van der Waals surface area contributed by atoms with Gasteiger partial charge in [0.15, 0.2) is 5.65 Å². The molecule has 3 aromatic heterocycles. The Hall–Kier alpha value is -1.94. The fourth-order valence-electron chi connectivity index (χ4n) is 2.11. The molecule has 90 valence electrons. The molecule has 0 radical (unpaired) electrons. The fraction of sp³-hybridized carbons (Fsp3) is 0.143. The summed E-state index contributed by atoms with van der Waals surface area (Å²) in [6.07, 6.45) is 0. The Morgan fingerprint density at radius 2 is 2.00 bits per heavy atom. The van der Waals surface area contributed by atoms with Crippen LogP contribution in [0.2, 0.25) is 0 Å². The molecule has 0 amide bonds. The summed E-state index contributed by atoms with van der Waals surface area (Å²) in [5.41, 5.74) is 9.90. The van der Waals surface area contributed by atoms with Crippen LogP contribution in [0.5, 0.6) is 0 Å².